The lowest BCUT2D eigenvalue weighted by atomic mass is 10.0. The highest BCUT2D eigenvalue weighted by molar-refractivity contribution is 9.10. The first-order valence-corrected chi connectivity index (χ1v) is 6.66. The van der Waals surface area contributed by atoms with E-state index in [0.717, 1.165) is 0 Å². The van der Waals surface area contributed by atoms with Gasteiger partial charge in [-0.25, -0.2) is 0 Å². The third kappa shape index (κ3) is 5.44. The second kappa shape index (κ2) is 6.72. The number of furan rings is 1. The maximum atomic E-state index is 11.6. The summed E-state index contributed by atoms with van der Waals surface area (Å²) in [7, 11) is 0. The molecule has 0 spiro atoms. The van der Waals surface area contributed by atoms with Crippen LogP contribution in [0.15, 0.2) is 21.2 Å². The molecule has 6 nitrogen and oxygen atoms in total. The molecule has 106 valence electrons. The van der Waals surface area contributed by atoms with Crippen molar-refractivity contribution < 1.29 is 19.1 Å². The highest BCUT2D eigenvalue weighted by Gasteiger charge is 2.18. The SMILES string of the molecule is CCC(C)(O)CNC(=O)CNC(=O)c1ccc(Br)o1. The molecule has 7 heteroatoms. The molecule has 1 rings (SSSR count). The fraction of sp³-hybridized carbons (Fsp3) is 0.500. The Morgan fingerprint density at radius 2 is 2.11 bits per heavy atom. The first-order chi connectivity index (χ1) is 8.84. The predicted octanol–water partition coefficient (Wildman–Crippen LogP) is 1.05. The van der Waals surface area contributed by atoms with E-state index >= 15 is 0 Å². The highest BCUT2D eigenvalue weighted by Crippen LogP contribution is 2.13. The van der Waals surface area contributed by atoms with Gasteiger partial charge >= 0.3 is 0 Å². The van der Waals surface area contributed by atoms with Gasteiger partial charge in [0.05, 0.1) is 12.1 Å². The van der Waals surface area contributed by atoms with Crippen molar-refractivity contribution in [1.82, 2.24) is 10.6 Å². The molecule has 1 heterocycles. The summed E-state index contributed by atoms with van der Waals surface area (Å²) < 4.78 is 5.49. The lowest BCUT2D eigenvalue weighted by Gasteiger charge is -2.21. The standard InChI is InChI=1S/C12H17BrN2O4/c1-3-12(2,18)7-15-10(16)6-14-11(17)8-4-5-9(13)19-8/h4-5,18H,3,6-7H2,1-2H3,(H,14,17)(H,15,16). The van der Waals surface area contributed by atoms with Gasteiger partial charge < -0.3 is 20.2 Å². The number of rotatable bonds is 6. The van der Waals surface area contributed by atoms with Crippen molar-refractivity contribution in [2.45, 2.75) is 25.9 Å². The van der Waals surface area contributed by atoms with E-state index in [9.17, 15) is 14.7 Å². The second-order valence-electron chi connectivity index (χ2n) is 4.41. The van der Waals surface area contributed by atoms with Crippen LogP contribution in [0.1, 0.15) is 30.8 Å². The molecule has 0 saturated heterocycles. The number of aliphatic hydroxyl groups is 1. The van der Waals surface area contributed by atoms with Crippen LogP contribution in [0.2, 0.25) is 0 Å². The van der Waals surface area contributed by atoms with E-state index in [1.165, 1.54) is 6.07 Å². The summed E-state index contributed by atoms with van der Waals surface area (Å²) in [6, 6.07) is 3.09. The summed E-state index contributed by atoms with van der Waals surface area (Å²) in [4.78, 5) is 23.0. The number of hydrogen-bond donors (Lipinski definition) is 3. The van der Waals surface area contributed by atoms with Crippen LogP contribution in [0.25, 0.3) is 0 Å². The normalized spacial score (nSPS) is 13.7. The maximum absolute atomic E-state index is 11.6. The number of halogens is 1. The van der Waals surface area contributed by atoms with Gasteiger partial charge in [0.1, 0.15) is 0 Å². The van der Waals surface area contributed by atoms with Crippen molar-refractivity contribution >= 4 is 27.7 Å². The Balaban J connectivity index is 2.33. The molecule has 0 aromatic carbocycles. The van der Waals surface area contributed by atoms with Gasteiger partial charge in [-0.3, -0.25) is 9.59 Å². The molecule has 3 N–H and O–H groups in total. The highest BCUT2D eigenvalue weighted by atomic mass is 79.9. The van der Waals surface area contributed by atoms with Crippen molar-refractivity contribution in [1.29, 1.82) is 0 Å². The number of carbonyl (C=O) groups excluding carboxylic acids is 2. The van der Waals surface area contributed by atoms with Gasteiger partial charge in [0.15, 0.2) is 10.4 Å². The van der Waals surface area contributed by atoms with Crippen molar-refractivity contribution in [2.75, 3.05) is 13.1 Å². The Morgan fingerprint density at radius 1 is 1.42 bits per heavy atom. The van der Waals surface area contributed by atoms with Gasteiger partial charge in [-0.05, 0) is 41.4 Å². The van der Waals surface area contributed by atoms with Crippen LogP contribution in [0, 0.1) is 0 Å². The third-order valence-corrected chi connectivity index (χ3v) is 3.06. The van der Waals surface area contributed by atoms with E-state index in [1.54, 1.807) is 13.0 Å². The van der Waals surface area contributed by atoms with Crippen molar-refractivity contribution in [3.8, 4) is 0 Å². The zero-order valence-electron chi connectivity index (χ0n) is 10.8. The van der Waals surface area contributed by atoms with Crippen molar-refractivity contribution in [3.05, 3.63) is 22.6 Å². The number of hydrogen-bond acceptors (Lipinski definition) is 4. The van der Waals surface area contributed by atoms with Gasteiger partial charge in [0.25, 0.3) is 5.91 Å². The molecular weight excluding hydrogens is 316 g/mol. The molecule has 1 aromatic rings. The third-order valence-electron chi connectivity index (χ3n) is 2.63. The summed E-state index contributed by atoms with van der Waals surface area (Å²) in [6.07, 6.45) is 0.528. The Labute approximate surface area is 119 Å². The van der Waals surface area contributed by atoms with Crippen LogP contribution >= 0.6 is 15.9 Å². The monoisotopic (exact) mass is 332 g/mol. The molecular formula is C12H17BrN2O4. The fourth-order valence-corrected chi connectivity index (χ4v) is 1.47. The van der Waals surface area contributed by atoms with E-state index in [-0.39, 0.29) is 24.8 Å². The van der Waals surface area contributed by atoms with Crippen LogP contribution in [-0.2, 0) is 4.79 Å². The lowest BCUT2D eigenvalue weighted by molar-refractivity contribution is -0.121. The first kappa shape index (κ1) is 15.7. The Kier molecular flexibility index (Phi) is 5.56. The topological polar surface area (TPSA) is 91.6 Å². The van der Waals surface area contributed by atoms with Crippen LogP contribution < -0.4 is 10.6 Å². The van der Waals surface area contributed by atoms with Crippen molar-refractivity contribution in [3.63, 3.8) is 0 Å². The number of nitrogens with one attached hydrogen (secondary N) is 2. The van der Waals surface area contributed by atoms with E-state index in [4.69, 9.17) is 4.42 Å². The van der Waals surface area contributed by atoms with Crippen LogP contribution in [-0.4, -0.2) is 35.6 Å². The average Bonchev–Trinajstić information content (AvgIpc) is 2.80. The molecule has 0 aliphatic heterocycles. The van der Waals surface area contributed by atoms with Crippen LogP contribution in [0.3, 0.4) is 0 Å². The smallest absolute Gasteiger partial charge is 0.287 e. The molecule has 0 fully saturated rings. The Hall–Kier alpha value is -1.34. The molecule has 2 amide bonds. The minimum Gasteiger partial charge on any atom is -0.444 e. The molecule has 1 unspecified atom stereocenters. The summed E-state index contributed by atoms with van der Waals surface area (Å²) >= 11 is 3.08. The molecule has 19 heavy (non-hydrogen) atoms. The van der Waals surface area contributed by atoms with E-state index < -0.39 is 11.5 Å². The van der Waals surface area contributed by atoms with Gasteiger partial charge in [-0.1, -0.05) is 6.92 Å². The Bertz CT molecular complexity index is 456. The molecule has 0 saturated carbocycles. The quantitative estimate of drug-likeness (QED) is 0.726. The minimum atomic E-state index is -0.939. The van der Waals surface area contributed by atoms with Gasteiger partial charge in [0.2, 0.25) is 5.91 Å². The van der Waals surface area contributed by atoms with E-state index in [0.29, 0.717) is 11.1 Å². The first-order valence-electron chi connectivity index (χ1n) is 5.86. The van der Waals surface area contributed by atoms with E-state index in [1.807, 2.05) is 6.92 Å². The average molecular weight is 333 g/mol. The Morgan fingerprint density at radius 3 is 2.63 bits per heavy atom. The molecule has 1 atom stereocenters. The number of carbonyl (C=O) groups is 2. The number of amides is 2. The summed E-state index contributed by atoms with van der Waals surface area (Å²) in [5.74, 6) is -0.712. The summed E-state index contributed by atoms with van der Waals surface area (Å²) in [6.45, 7) is 3.43. The van der Waals surface area contributed by atoms with Crippen molar-refractivity contribution in [2.24, 2.45) is 0 Å². The predicted molar refractivity (Wildman–Crippen MR) is 72.7 cm³/mol. The summed E-state index contributed by atoms with van der Waals surface area (Å²) in [5.41, 5.74) is -0.939. The van der Waals surface area contributed by atoms with Gasteiger partial charge in [-0.2, -0.15) is 0 Å². The molecule has 0 aliphatic rings. The van der Waals surface area contributed by atoms with Crippen LogP contribution in [0.4, 0.5) is 0 Å². The van der Waals surface area contributed by atoms with Gasteiger partial charge in [0, 0.05) is 6.54 Å². The zero-order chi connectivity index (χ0) is 14.5. The molecule has 0 bridgehead atoms. The second-order valence-corrected chi connectivity index (χ2v) is 5.20. The maximum Gasteiger partial charge on any atom is 0.287 e. The van der Waals surface area contributed by atoms with Crippen LogP contribution in [0.5, 0.6) is 0 Å². The summed E-state index contributed by atoms with van der Waals surface area (Å²) in [5, 5.41) is 14.7. The zero-order valence-corrected chi connectivity index (χ0v) is 12.4. The largest absolute Gasteiger partial charge is 0.444 e. The minimum absolute atomic E-state index is 0.125. The molecule has 0 radical (unpaired) electrons. The lowest BCUT2D eigenvalue weighted by Crippen LogP contribution is -2.44. The molecule has 0 aliphatic carbocycles. The van der Waals surface area contributed by atoms with E-state index in [2.05, 4.69) is 26.6 Å². The molecule has 1 aromatic heterocycles. The van der Waals surface area contributed by atoms with Gasteiger partial charge in [-0.15, -0.1) is 0 Å². The fourth-order valence-electron chi connectivity index (χ4n) is 1.16.